The monoisotopic (exact) mass is 852 g/mol. The standard InChI is InChI=1S/C45H44BrF3N6O3/c1-53-23-25-54(26-24-53)36-18-20-38(40(30-36)55(43(57)45(47,48)49)35-21-27-58-28-22-35)42(56)51-41(50)37-19-17-34(46)29-39(37)52-44(31-11-5-2-6-12-31,32-13-7-3-8-14-32)33-15-9-4-10-16-33/h2-20,29-30,35,52H,21-28H2,1H3,(H2,50,51,56). The number of halogens is 4. The molecule has 2 heterocycles. The maximum absolute atomic E-state index is 14.4. The van der Waals surface area contributed by atoms with Crippen molar-refractivity contribution in [2.75, 3.05) is 61.6 Å². The van der Waals surface area contributed by atoms with Gasteiger partial charge in [-0.3, -0.25) is 15.0 Å². The number of benzene rings is 5. The van der Waals surface area contributed by atoms with Crippen LogP contribution in [0.25, 0.3) is 0 Å². The minimum Gasteiger partial charge on any atom is -0.381 e. The van der Waals surface area contributed by atoms with Crippen LogP contribution in [0.5, 0.6) is 0 Å². The molecule has 9 nitrogen and oxygen atoms in total. The molecular formula is C45H44BrF3N6O3. The minimum atomic E-state index is -5.21. The first-order valence-electron chi connectivity index (χ1n) is 19.2. The Hall–Kier alpha value is -5.50. The molecule has 2 aliphatic heterocycles. The SMILES string of the molecule is CN1CCN(c2ccc(C(=O)NC(=N)c3ccc(Br)cc3NC(c3ccccc3)(c3ccccc3)c3ccccc3)c(N(C(=O)C(F)(F)F)C3CCOCC3)c2)CC1. The Morgan fingerprint density at radius 2 is 1.29 bits per heavy atom. The molecule has 2 fully saturated rings. The van der Waals surface area contributed by atoms with Crippen molar-refractivity contribution in [1.29, 1.82) is 5.41 Å². The zero-order valence-corrected chi connectivity index (χ0v) is 33.5. The van der Waals surface area contributed by atoms with E-state index in [9.17, 15) is 28.2 Å². The van der Waals surface area contributed by atoms with Gasteiger partial charge in [-0.15, -0.1) is 0 Å². The highest BCUT2D eigenvalue weighted by Crippen LogP contribution is 2.41. The predicted molar refractivity (Wildman–Crippen MR) is 225 cm³/mol. The number of carbonyl (C=O) groups is 2. The number of alkyl halides is 3. The fourth-order valence-electron chi connectivity index (χ4n) is 7.79. The molecular weight excluding hydrogens is 809 g/mol. The van der Waals surface area contributed by atoms with Crippen molar-refractivity contribution >= 4 is 50.6 Å². The van der Waals surface area contributed by atoms with E-state index in [1.165, 1.54) is 12.1 Å². The lowest BCUT2D eigenvalue weighted by Gasteiger charge is -2.38. The number of likely N-dealkylation sites (N-methyl/N-ethyl adjacent to an activating group) is 1. The number of hydrogen-bond donors (Lipinski definition) is 3. The number of nitrogens with one attached hydrogen (secondary N) is 3. The molecule has 0 aromatic heterocycles. The normalized spacial score (nSPS) is 15.4. The Bertz CT molecular complexity index is 2130. The summed E-state index contributed by atoms with van der Waals surface area (Å²) in [5, 5.41) is 15.8. The van der Waals surface area contributed by atoms with Crippen molar-refractivity contribution in [1.82, 2.24) is 10.2 Å². The number of anilines is 3. The molecule has 0 bridgehead atoms. The maximum atomic E-state index is 14.4. The zero-order chi connectivity index (χ0) is 40.9. The Morgan fingerprint density at radius 1 is 0.759 bits per heavy atom. The highest BCUT2D eigenvalue weighted by Gasteiger charge is 2.47. The van der Waals surface area contributed by atoms with E-state index in [2.05, 4.69) is 31.5 Å². The lowest BCUT2D eigenvalue weighted by Crippen LogP contribution is -2.50. The van der Waals surface area contributed by atoms with E-state index in [0.29, 0.717) is 34.5 Å². The summed E-state index contributed by atoms with van der Waals surface area (Å²) in [7, 11) is 2.00. The van der Waals surface area contributed by atoms with E-state index >= 15 is 0 Å². The molecule has 2 aliphatic rings. The summed E-state index contributed by atoms with van der Waals surface area (Å²) in [4.78, 5) is 32.7. The smallest absolute Gasteiger partial charge is 0.381 e. The van der Waals surface area contributed by atoms with E-state index in [1.54, 1.807) is 18.2 Å². The summed E-state index contributed by atoms with van der Waals surface area (Å²) in [6.07, 6.45) is -4.88. The topological polar surface area (TPSA) is 101 Å². The molecule has 0 unspecified atom stereocenters. The van der Waals surface area contributed by atoms with Gasteiger partial charge >= 0.3 is 12.1 Å². The fraction of sp³-hybridized carbons (Fsp3) is 0.267. The number of nitrogens with zero attached hydrogens (tertiary/aromatic N) is 3. The molecule has 2 saturated heterocycles. The number of hydrogen-bond acceptors (Lipinski definition) is 7. The van der Waals surface area contributed by atoms with Gasteiger partial charge in [0.25, 0.3) is 5.91 Å². The summed E-state index contributed by atoms with van der Waals surface area (Å²) in [5.41, 5.74) is 2.87. The zero-order valence-electron chi connectivity index (χ0n) is 31.9. The number of carbonyl (C=O) groups excluding carboxylic acids is 2. The lowest BCUT2D eigenvalue weighted by atomic mass is 9.76. The van der Waals surface area contributed by atoms with E-state index in [-0.39, 0.29) is 43.1 Å². The second kappa shape index (κ2) is 17.6. The molecule has 300 valence electrons. The highest BCUT2D eigenvalue weighted by atomic mass is 79.9. The average Bonchev–Trinajstić information content (AvgIpc) is 3.24. The van der Waals surface area contributed by atoms with Crippen LogP contribution in [-0.4, -0.2) is 81.2 Å². The van der Waals surface area contributed by atoms with Gasteiger partial charge in [-0.2, -0.15) is 13.2 Å². The van der Waals surface area contributed by atoms with Crippen LogP contribution in [0.15, 0.2) is 132 Å². The van der Waals surface area contributed by atoms with Crippen LogP contribution < -0.4 is 20.4 Å². The molecule has 58 heavy (non-hydrogen) atoms. The first-order valence-corrected chi connectivity index (χ1v) is 20.0. The summed E-state index contributed by atoms with van der Waals surface area (Å²) in [6.45, 7) is 3.06. The van der Waals surface area contributed by atoms with Crippen molar-refractivity contribution in [3.8, 4) is 0 Å². The highest BCUT2D eigenvalue weighted by molar-refractivity contribution is 9.10. The molecule has 7 rings (SSSR count). The third-order valence-electron chi connectivity index (χ3n) is 10.8. The number of amides is 2. The molecule has 13 heteroatoms. The van der Waals surface area contributed by atoms with E-state index in [0.717, 1.165) is 34.7 Å². The van der Waals surface area contributed by atoms with Crippen molar-refractivity contribution in [2.24, 2.45) is 0 Å². The first kappa shape index (κ1) is 40.7. The van der Waals surface area contributed by atoms with E-state index in [4.69, 9.17) is 4.74 Å². The van der Waals surface area contributed by atoms with E-state index in [1.807, 2.05) is 109 Å². The largest absolute Gasteiger partial charge is 0.471 e. The van der Waals surface area contributed by atoms with Gasteiger partial charge < -0.3 is 30.1 Å². The fourth-order valence-corrected chi connectivity index (χ4v) is 8.15. The third-order valence-corrected chi connectivity index (χ3v) is 11.3. The molecule has 0 saturated carbocycles. The Balaban J connectivity index is 1.30. The Labute approximate surface area is 344 Å². The number of piperazine rings is 1. The Kier molecular flexibility index (Phi) is 12.3. The van der Waals surface area contributed by atoms with Crippen molar-refractivity contribution in [3.05, 3.63) is 160 Å². The Morgan fingerprint density at radius 3 is 1.83 bits per heavy atom. The molecule has 2 amide bonds. The van der Waals surface area contributed by atoms with Gasteiger partial charge in [-0.1, -0.05) is 107 Å². The van der Waals surface area contributed by atoms with Crippen LogP contribution in [0.3, 0.4) is 0 Å². The van der Waals surface area contributed by atoms with Crippen LogP contribution in [0.2, 0.25) is 0 Å². The van der Waals surface area contributed by atoms with Crippen LogP contribution in [0.4, 0.5) is 30.2 Å². The summed E-state index contributed by atoms with van der Waals surface area (Å²) in [5.74, 6) is -3.18. The first-order chi connectivity index (χ1) is 28.0. The quantitative estimate of drug-likeness (QED) is 0.0742. The molecule has 3 N–H and O–H groups in total. The van der Waals surface area contributed by atoms with Gasteiger partial charge in [0.15, 0.2) is 0 Å². The molecule has 0 atom stereocenters. The average molecular weight is 854 g/mol. The number of ether oxygens (including phenoxy) is 1. The molecule has 0 spiro atoms. The van der Waals surface area contributed by atoms with Gasteiger partial charge in [-0.05, 0) is 73.0 Å². The second-order valence-corrected chi connectivity index (χ2v) is 15.4. The van der Waals surface area contributed by atoms with Gasteiger partial charge in [0, 0.05) is 66.8 Å². The maximum Gasteiger partial charge on any atom is 0.471 e. The van der Waals surface area contributed by atoms with Crippen LogP contribution in [0.1, 0.15) is 45.5 Å². The number of rotatable bonds is 10. The molecule has 5 aromatic carbocycles. The molecule has 0 radical (unpaired) electrons. The third kappa shape index (κ3) is 8.66. The van der Waals surface area contributed by atoms with Crippen molar-refractivity contribution in [3.63, 3.8) is 0 Å². The number of amidine groups is 1. The molecule has 5 aromatic rings. The predicted octanol–water partition coefficient (Wildman–Crippen LogP) is 8.43. The van der Waals surface area contributed by atoms with E-state index < -0.39 is 29.6 Å². The van der Waals surface area contributed by atoms with Crippen molar-refractivity contribution in [2.45, 2.75) is 30.6 Å². The minimum absolute atomic E-state index is 0.162. The van der Waals surface area contributed by atoms with Gasteiger partial charge in [0.05, 0.1) is 11.3 Å². The summed E-state index contributed by atoms with van der Waals surface area (Å²) in [6, 6.07) is 38.8. The van der Waals surface area contributed by atoms with Gasteiger partial charge in [0.1, 0.15) is 11.4 Å². The van der Waals surface area contributed by atoms with Crippen LogP contribution in [0, 0.1) is 5.41 Å². The van der Waals surface area contributed by atoms with Crippen LogP contribution in [-0.2, 0) is 15.1 Å². The van der Waals surface area contributed by atoms with Crippen molar-refractivity contribution < 1.29 is 27.5 Å². The van der Waals surface area contributed by atoms with Gasteiger partial charge in [-0.25, -0.2) is 0 Å². The van der Waals surface area contributed by atoms with Crippen LogP contribution >= 0.6 is 15.9 Å². The second-order valence-electron chi connectivity index (χ2n) is 14.5. The van der Waals surface area contributed by atoms with Gasteiger partial charge in [0.2, 0.25) is 0 Å². The summed E-state index contributed by atoms with van der Waals surface area (Å²) < 4.78 is 49.4. The summed E-state index contributed by atoms with van der Waals surface area (Å²) >= 11 is 3.60. The lowest BCUT2D eigenvalue weighted by molar-refractivity contribution is -0.171. The molecule has 0 aliphatic carbocycles.